The Hall–Kier alpha value is -1.64. The van der Waals surface area contributed by atoms with Crippen LogP contribution in [0.3, 0.4) is 0 Å². The Balaban J connectivity index is 0.00000131. The Morgan fingerprint density at radius 1 is 1.00 bits per heavy atom. The Morgan fingerprint density at radius 3 is 2.41 bits per heavy atom. The molecule has 0 saturated carbocycles. The van der Waals surface area contributed by atoms with Crippen LogP contribution in [0.5, 0.6) is 0 Å². The third-order valence-corrected chi connectivity index (χ3v) is 5.26. The van der Waals surface area contributed by atoms with Crippen LogP contribution in [0.1, 0.15) is 11.5 Å². The van der Waals surface area contributed by atoms with Crippen LogP contribution >= 0.6 is 36.2 Å². The molecule has 1 saturated heterocycles. The lowest BCUT2D eigenvalue weighted by molar-refractivity contribution is 0.112. The number of anilines is 1. The van der Waals surface area contributed by atoms with Gasteiger partial charge in [-0.05, 0) is 29.1 Å². The summed E-state index contributed by atoms with van der Waals surface area (Å²) in [5.74, 6) is 1.37. The molecule has 2 aromatic heterocycles. The van der Waals surface area contributed by atoms with Crippen molar-refractivity contribution in [3.05, 3.63) is 53.2 Å². The molecule has 0 atom stereocenters. The zero-order valence-corrected chi connectivity index (χ0v) is 17.2. The number of thiophene rings is 1. The van der Waals surface area contributed by atoms with Gasteiger partial charge in [0, 0.05) is 38.4 Å². The van der Waals surface area contributed by atoms with E-state index in [1.807, 2.05) is 29.6 Å². The van der Waals surface area contributed by atoms with E-state index in [4.69, 9.17) is 10.3 Å². The number of nitrogens with two attached hydrogens (primary N) is 1. The molecule has 3 heterocycles. The van der Waals surface area contributed by atoms with Crippen LogP contribution in [0, 0.1) is 0 Å². The highest BCUT2D eigenvalue weighted by molar-refractivity contribution is 7.13. The Labute approximate surface area is 175 Å². The van der Waals surface area contributed by atoms with Gasteiger partial charge in [-0.25, -0.2) is 0 Å². The van der Waals surface area contributed by atoms with Gasteiger partial charge >= 0.3 is 0 Å². The zero-order chi connectivity index (χ0) is 17.1. The lowest BCUT2D eigenvalue weighted by Crippen LogP contribution is -2.45. The summed E-state index contributed by atoms with van der Waals surface area (Å²) in [7, 11) is 0. The van der Waals surface area contributed by atoms with Crippen LogP contribution in [-0.2, 0) is 13.1 Å². The lowest BCUT2D eigenvalue weighted by Gasteiger charge is -2.33. The first-order valence-electron chi connectivity index (χ1n) is 8.42. The minimum Gasteiger partial charge on any atom is -0.399 e. The molecule has 0 bridgehead atoms. The molecule has 1 aromatic carbocycles. The van der Waals surface area contributed by atoms with E-state index < -0.39 is 0 Å². The van der Waals surface area contributed by atoms with Crippen molar-refractivity contribution >= 4 is 41.8 Å². The summed E-state index contributed by atoms with van der Waals surface area (Å²) < 4.78 is 5.40. The first kappa shape index (κ1) is 21.7. The lowest BCUT2D eigenvalue weighted by atomic mass is 10.2. The van der Waals surface area contributed by atoms with Crippen LogP contribution < -0.4 is 5.73 Å². The van der Waals surface area contributed by atoms with E-state index in [0.717, 1.165) is 43.3 Å². The van der Waals surface area contributed by atoms with Crippen molar-refractivity contribution in [2.24, 2.45) is 0 Å². The summed E-state index contributed by atoms with van der Waals surface area (Å²) in [6, 6.07) is 12.1. The molecule has 1 aliphatic heterocycles. The predicted octanol–water partition coefficient (Wildman–Crippen LogP) is 3.54. The molecule has 27 heavy (non-hydrogen) atoms. The van der Waals surface area contributed by atoms with Crippen LogP contribution in [0.15, 0.2) is 46.3 Å². The van der Waals surface area contributed by atoms with E-state index in [2.05, 4.69) is 32.1 Å². The van der Waals surface area contributed by atoms with E-state index in [0.29, 0.717) is 18.3 Å². The first-order valence-corrected chi connectivity index (χ1v) is 9.30. The van der Waals surface area contributed by atoms with Gasteiger partial charge in [-0.1, -0.05) is 23.4 Å². The van der Waals surface area contributed by atoms with Crippen LogP contribution in [0.25, 0.3) is 10.7 Å². The average molecular weight is 428 g/mol. The summed E-state index contributed by atoms with van der Waals surface area (Å²) in [5, 5.41) is 6.10. The van der Waals surface area contributed by atoms with Crippen molar-refractivity contribution in [2.75, 3.05) is 31.9 Å². The molecule has 3 aromatic rings. The van der Waals surface area contributed by atoms with Gasteiger partial charge in [-0.15, -0.1) is 36.2 Å². The minimum absolute atomic E-state index is 0. The van der Waals surface area contributed by atoms with E-state index in [1.54, 1.807) is 11.3 Å². The summed E-state index contributed by atoms with van der Waals surface area (Å²) in [5.41, 5.74) is 7.96. The molecule has 4 rings (SSSR count). The number of nitrogen functional groups attached to an aromatic ring is 1. The van der Waals surface area contributed by atoms with Crippen molar-refractivity contribution in [2.45, 2.75) is 13.1 Å². The van der Waals surface area contributed by atoms with Crippen molar-refractivity contribution in [3.63, 3.8) is 0 Å². The fourth-order valence-corrected chi connectivity index (χ4v) is 3.72. The molecule has 0 amide bonds. The van der Waals surface area contributed by atoms with Gasteiger partial charge in [0.15, 0.2) is 0 Å². The largest absolute Gasteiger partial charge is 0.399 e. The van der Waals surface area contributed by atoms with Gasteiger partial charge in [-0.3, -0.25) is 9.80 Å². The fraction of sp³-hybridized carbons (Fsp3) is 0.333. The maximum atomic E-state index is 5.86. The summed E-state index contributed by atoms with van der Waals surface area (Å²) in [4.78, 5) is 10.4. The third-order valence-electron chi connectivity index (χ3n) is 4.39. The smallest absolute Gasteiger partial charge is 0.241 e. The molecule has 0 aliphatic carbocycles. The van der Waals surface area contributed by atoms with Gasteiger partial charge in [-0.2, -0.15) is 4.98 Å². The number of nitrogens with zero attached hydrogens (tertiary/aromatic N) is 4. The molecular weight excluding hydrogens is 405 g/mol. The van der Waals surface area contributed by atoms with Gasteiger partial charge in [0.05, 0.1) is 11.4 Å². The van der Waals surface area contributed by atoms with Crippen LogP contribution in [-0.4, -0.2) is 46.1 Å². The normalized spacial score (nSPS) is 15.1. The SMILES string of the molecule is Cl.Cl.Nc1cccc(CN2CCN(Cc3nc(-c4cccs4)no3)CC2)c1. The molecule has 0 unspecified atom stereocenters. The highest BCUT2D eigenvalue weighted by Gasteiger charge is 2.19. The highest BCUT2D eigenvalue weighted by atomic mass is 35.5. The number of benzene rings is 1. The monoisotopic (exact) mass is 427 g/mol. The van der Waals surface area contributed by atoms with E-state index in [1.165, 1.54) is 5.56 Å². The second kappa shape index (κ2) is 10.1. The van der Waals surface area contributed by atoms with Gasteiger partial charge < -0.3 is 10.3 Å². The Bertz CT molecular complexity index is 819. The number of rotatable bonds is 5. The maximum Gasteiger partial charge on any atom is 0.241 e. The zero-order valence-electron chi connectivity index (χ0n) is 14.8. The maximum absolute atomic E-state index is 5.86. The predicted molar refractivity (Wildman–Crippen MR) is 114 cm³/mol. The summed E-state index contributed by atoms with van der Waals surface area (Å²) >= 11 is 1.62. The number of piperazine rings is 1. The second-order valence-corrected chi connectivity index (χ2v) is 7.23. The molecule has 6 nitrogen and oxygen atoms in total. The van der Waals surface area contributed by atoms with Crippen molar-refractivity contribution in [1.29, 1.82) is 0 Å². The number of aromatic nitrogens is 2. The standard InChI is InChI=1S/C18H21N5OS.2ClH/c19-15-4-1-3-14(11-15)12-22-6-8-23(9-7-22)13-17-20-18(21-24-17)16-5-2-10-25-16;;/h1-5,10-11H,6-9,12-13,19H2;2*1H. The average Bonchev–Trinajstić information content (AvgIpc) is 3.28. The van der Waals surface area contributed by atoms with Crippen molar-refractivity contribution in [1.82, 2.24) is 19.9 Å². The van der Waals surface area contributed by atoms with Crippen molar-refractivity contribution < 1.29 is 4.52 Å². The first-order chi connectivity index (χ1) is 12.3. The van der Waals surface area contributed by atoms with Crippen molar-refractivity contribution in [3.8, 4) is 10.7 Å². The highest BCUT2D eigenvalue weighted by Crippen LogP contribution is 2.21. The molecule has 2 N–H and O–H groups in total. The van der Waals surface area contributed by atoms with Crippen LogP contribution in [0.4, 0.5) is 5.69 Å². The topological polar surface area (TPSA) is 71.4 Å². The molecular formula is C18H23Cl2N5OS. The molecule has 146 valence electrons. The summed E-state index contributed by atoms with van der Waals surface area (Å²) in [6.07, 6.45) is 0. The van der Waals surface area contributed by atoms with Gasteiger partial charge in [0.1, 0.15) is 0 Å². The van der Waals surface area contributed by atoms with E-state index in [-0.39, 0.29) is 24.8 Å². The fourth-order valence-electron chi connectivity index (χ4n) is 3.07. The number of halogens is 2. The van der Waals surface area contributed by atoms with Crippen LogP contribution in [0.2, 0.25) is 0 Å². The Kier molecular flexibility index (Phi) is 8.07. The number of hydrogen-bond acceptors (Lipinski definition) is 7. The second-order valence-electron chi connectivity index (χ2n) is 6.29. The quantitative estimate of drug-likeness (QED) is 0.627. The summed E-state index contributed by atoms with van der Waals surface area (Å²) in [6.45, 7) is 5.71. The van der Waals surface area contributed by atoms with Gasteiger partial charge in [0.2, 0.25) is 11.7 Å². The van der Waals surface area contributed by atoms with E-state index >= 15 is 0 Å². The third kappa shape index (κ3) is 5.67. The molecule has 1 fully saturated rings. The van der Waals surface area contributed by atoms with E-state index in [9.17, 15) is 0 Å². The minimum atomic E-state index is 0. The van der Waals surface area contributed by atoms with Gasteiger partial charge in [0.25, 0.3) is 0 Å². The molecule has 0 radical (unpaired) electrons. The molecule has 9 heteroatoms. The molecule has 1 aliphatic rings. The Morgan fingerprint density at radius 2 is 1.74 bits per heavy atom. The molecule has 0 spiro atoms. The number of hydrogen-bond donors (Lipinski definition) is 1.